The largest absolute Gasteiger partial charge is 0.480 e. The van der Waals surface area contributed by atoms with Crippen molar-refractivity contribution in [3.05, 3.63) is 64.1 Å². The predicted molar refractivity (Wildman–Crippen MR) is 86.7 cm³/mol. The molecule has 0 N–H and O–H groups in total. The first-order chi connectivity index (χ1) is 10.6. The Morgan fingerprint density at radius 1 is 1.14 bits per heavy atom. The minimum absolute atomic E-state index is 0.299. The summed E-state index contributed by atoms with van der Waals surface area (Å²) in [6.07, 6.45) is 0. The van der Waals surface area contributed by atoms with Crippen molar-refractivity contribution in [1.82, 2.24) is 0 Å². The maximum atomic E-state index is 11.6. The molecule has 0 aliphatic heterocycles. The van der Waals surface area contributed by atoms with Crippen LogP contribution in [-0.4, -0.2) is 18.3 Å². The zero-order valence-corrected chi connectivity index (χ0v) is 13.3. The monoisotopic (exact) mass is 337 g/mol. The molecule has 6 heteroatoms. The lowest BCUT2D eigenvalue weighted by Gasteiger charge is -2.06. The highest BCUT2D eigenvalue weighted by Crippen LogP contribution is 2.27. The molecule has 4 nitrogen and oxygen atoms in total. The van der Waals surface area contributed by atoms with Gasteiger partial charge < -0.3 is 9.57 Å². The van der Waals surface area contributed by atoms with Crippen LogP contribution >= 0.6 is 23.2 Å². The maximum absolute atomic E-state index is 11.6. The third kappa shape index (κ3) is 4.76. The summed E-state index contributed by atoms with van der Waals surface area (Å²) in [4.78, 5) is 16.4. The number of halogens is 2. The first-order valence-electron chi connectivity index (χ1n) is 6.44. The van der Waals surface area contributed by atoms with Gasteiger partial charge in [0.1, 0.15) is 5.75 Å². The van der Waals surface area contributed by atoms with Gasteiger partial charge in [0.25, 0.3) is 0 Å². The van der Waals surface area contributed by atoms with Crippen LogP contribution in [-0.2, 0) is 9.63 Å². The van der Waals surface area contributed by atoms with Crippen LogP contribution in [0.4, 0.5) is 0 Å². The summed E-state index contributed by atoms with van der Waals surface area (Å²) < 4.78 is 5.26. The fourth-order valence-corrected chi connectivity index (χ4v) is 2.07. The zero-order valence-electron chi connectivity index (χ0n) is 11.8. The van der Waals surface area contributed by atoms with E-state index in [9.17, 15) is 4.79 Å². The average molecular weight is 338 g/mol. The molecular weight excluding hydrogens is 325 g/mol. The van der Waals surface area contributed by atoms with Crippen molar-refractivity contribution in [3.63, 3.8) is 0 Å². The predicted octanol–water partition coefficient (Wildman–Crippen LogP) is 4.34. The molecule has 0 atom stereocenters. The SMILES string of the molecule is CC(=NOC(=O)COc1ccc(Cl)cc1Cl)c1ccccc1. The molecular formula is C16H13Cl2NO3. The second kappa shape index (κ2) is 7.82. The van der Waals surface area contributed by atoms with E-state index in [-0.39, 0.29) is 6.61 Å². The van der Waals surface area contributed by atoms with Crippen molar-refractivity contribution in [2.24, 2.45) is 5.16 Å². The molecule has 0 bridgehead atoms. The van der Waals surface area contributed by atoms with Crippen molar-refractivity contribution in [2.75, 3.05) is 6.61 Å². The molecule has 0 fully saturated rings. The fourth-order valence-electron chi connectivity index (χ4n) is 1.61. The highest BCUT2D eigenvalue weighted by molar-refractivity contribution is 6.35. The van der Waals surface area contributed by atoms with E-state index >= 15 is 0 Å². The van der Waals surface area contributed by atoms with E-state index in [2.05, 4.69) is 5.16 Å². The van der Waals surface area contributed by atoms with Crippen molar-refractivity contribution in [3.8, 4) is 5.75 Å². The van der Waals surface area contributed by atoms with E-state index in [4.69, 9.17) is 32.8 Å². The molecule has 0 heterocycles. The van der Waals surface area contributed by atoms with E-state index in [1.807, 2.05) is 30.3 Å². The lowest BCUT2D eigenvalue weighted by atomic mass is 10.1. The summed E-state index contributed by atoms with van der Waals surface area (Å²) in [5.74, 6) is -0.270. The third-order valence-corrected chi connectivity index (χ3v) is 3.25. The summed E-state index contributed by atoms with van der Waals surface area (Å²) in [6.45, 7) is 1.45. The minimum Gasteiger partial charge on any atom is -0.480 e. The van der Waals surface area contributed by atoms with Crippen LogP contribution in [0, 0.1) is 0 Å². The molecule has 2 rings (SSSR count). The lowest BCUT2D eigenvalue weighted by Crippen LogP contribution is -2.13. The van der Waals surface area contributed by atoms with Crippen molar-refractivity contribution >= 4 is 34.9 Å². The Morgan fingerprint density at radius 2 is 1.86 bits per heavy atom. The zero-order chi connectivity index (χ0) is 15.9. The Hall–Kier alpha value is -2.04. The van der Waals surface area contributed by atoms with Crippen LogP contribution < -0.4 is 4.74 Å². The van der Waals surface area contributed by atoms with Crippen molar-refractivity contribution in [1.29, 1.82) is 0 Å². The van der Waals surface area contributed by atoms with Gasteiger partial charge in [-0.2, -0.15) is 0 Å². The first kappa shape index (κ1) is 16.3. The fraction of sp³-hybridized carbons (Fsp3) is 0.125. The molecule has 0 amide bonds. The summed E-state index contributed by atoms with van der Waals surface area (Å²) in [7, 11) is 0. The molecule has 22 heavy (non-hydrogen) atoms. The Balaban J connectivity index is 1.88. The Bertz CT molecular complexity index is 687. The summed E-state index contributed by atoms with van der Waals surface area (Å²) in [5, 5.41) is 4.59. The average Bonchev–Trinajstić information content (AvgIpc) is 2.52. The molecule has 0 aliphatic carbocycles. The number of hydrogen-bond acceptors (Lipinski definition) is 4. The molecule has 0 aliphatic rings. The Kier molecular flexibility index (Phi) is 5.81. The standard InChI is InChI=1S/C16H13Cl2NO3/c1-11(12-5-3-2-4-6-12)19-22-16(20)10-21-15-8-7-13(17)9-14(15)18/h2-9H,10H2,1H3. The van der Waals surface area contributed by atoms with Gasteiger partial charge in [-0.25, -0.2) is 4.79 Å². The summed E-state index contributed by atoms with van der Waals surface area (Å²) in [6, 6.07) is 14.1. The Morgan fingerprint density at radius 3 is 2.55 bits per heavy atom. The highest BCUT2D eigenvalue weighted by Gasteiger charge is 2.08. The summed E-state index contributed by atoms with van der Waals surface area (Å²) in [5.41, 5.74) is 1.47. The lowest BCUT2D eigenvalue weighted by molar-refractivity contribution is -0.146. The molecule has 0 spiro atoms. The van der Waals surface area contributed by atoms with E-state index in [0.717, 1.165) is 5.56 Å². The maximum Gasteiger partial charge on any atom is 0.372 e. The first-order valence-corrected chi connectivity index (χ1v) is 7.19. The van der Waals surface area contributed by atoms with Gasteiger partial charge in [0.05, 0.1) is 10.7 Å². The molecule has 0 saturated heterocycles. The smallest absolute Gasteiger partial charge is 0.372 e. The number of carbonyl (C=O) groups excluding carboxylic acids is 1. The van der Waals surface area contributed by atoms with Crippen LogP contribution in [0.2, 0.25) is 10.0 Å². The molecule has 2 aromatic rings. The number of nitrogens with zero attached hydrogens (tertiary/aromatic N) is 1. The Labute approximate surface area is 138 Å². The molecule has 0 unspecified atom stereocenters. The molecule has 0 saturated carbocycles. The van der Waals surface area contributed by atoms with Crippen LogP contribution in [0.25, 0.3) is 0 Å². The van der Waals surface area contributed by atoms with Crippen LogP contribution in [0.3, 0.4) is 0 Å². The van der Waals surface area contributed by atoms with Gasteiger partial charge in [-0.15, -0.1) is 0 Å². The number of rotatable bonds is 5. The van der Waals surface area contributed by atoms with E-state index in [0.29, 0.717) is 21.5 Å². The van der Waals surface area contributed by atoms with E-state index in [1.165, 1.54) is 6.07 Å². The second-order valence-electron chi connectivity index (χ2n) is 4.37. The number of oxime groups is 1. The number of carbonyl (C=O) groups is 1. The van der Waals surface area contributed by atoms with Crippen molar-refractivity contribution in [2.45, 2.75) is 6.92 Å². The van der Waals surface area contributed by atoms with Gasteiger partial charge in [-0.1, -0.05) is 58.7 Å². The van der Waals surface area contributed by atoms with Gasteiger partial charge in [-0.05, 0) is 30.7 Å². The normalized spacial score (nSPS) is 11.1. The van der Waals surface area contributed by atoms with Crippen LogP contribution in [0.1, 0.15) is 12.5 Å². The van der Waals surface area contributed by atoms with Crippen molar-refractivity contribution < 1.29 is 14.4 Å². The van der Waals surface area contributed by atoms with Gasteiger partial charge in [0, 0.05) is 5.02 Å². The molecule has 0 radical (unpaired) electrons. The van der Waals surface area contributed by atoms with E-state index in [1.54, 1.807) is 19.1 Å². The molecule has 2 aromatic carbocycles. The van der Waals surface area contributed by atoms with Crippen LogP contribution in [0.5, 0.6) is 5.75 Å². The topological polar surface area (TPSA) is 47.9 Å². The third-order valence-electron chi connectivity index (χ3n) is 2.72. The number of ether oxygens (including phenoxy) is 1. The number of hydrogen-bond donors (Lipinski definition) is 0. The molecule has 0 aromatic heterocycles. The second-order valence-corrected chi connectivity index (χ2v) is 5.21. The van der Waals surface area contributed by atoms with E-state index < -0.39 is 5.97 Å². The minimum atomic E-state index is -0.624. The van der Waals surface area contributed by atoms with Gasteiger partial charge >= 0.3 is 5.97 Å². The van der Waals surface area contributed by atoms with Gasteiger partial charge in [0.15, 0.2) is 6.61 Å². The van der Waals surface area contributed by atoms with Gasteiger partial charge in [-0.3, -0.25) is 0 Å². The highest BCUT2D eigenvalue weighted by atomic mass is 35.5. The summed E-state index contributed by atoms with van der Waals surface area (Å²) >= 11 is 11.7. The quantitative estimate of drug-likeness (QED) is 0.463. The van der Waals surface area contributed by atoms with Gasteiger partial charge in [0.2, 0.25) is 0 Å². The number of benzene rings is 2. The van der Waals surface area contributed by atoms with Crippen LogP contribution in [0.15, 0.2) is 53.7 Å². The molecule has 114 valence electrons.